The van der Waals surface area contributed by atoms with Gasteiger partial charge in [0.05, 0.1) is 18.8 Å². The number of hydrazine groups is 1. The fourth-order valence-corrected chi connectivity index (χ4v) is 2.19. The summed E-state index contributed by atoms with van der Waals surface area (Å²) in [6, 6.07) is -2.78. The van der Waals surface area contributed by atoms with Gasteiger partial charge >= 0.3 is 0 Å². The molecular weight excluding hydrogens is 322 g/mol. The summed E-state index contributed by atoms with van der Waals surface area (Å²) in [6.07, 6.45) is -0.335. The zero-order valence-corrected chi connectivity index (χ0v) is 14.8. The van der Waals surface area contributed by atoms with E-state index in [4.69, 9.17) is 0 Å². The van der Waals surface area contributed by atoms with Gasteiger partial charge < -0.3 is 15.5 Å². The lowest BCUT2D eigenvalue weighted by atomic mass is 9.96. The van der Waals surface area contributed by atoms with E-state index in [1.807, 2.05) is 13.8 Å². The van der Waals surface area contributed by atoms with Crippen LogP contribution in [0, 0.1) is 5.92 Å². The molecule has 0 aromatic carbocycles. The number of carbonyl (C=O) groups is 3. The molecule has 0 aliphatic carbocycles. The van der Waals surface area contributed by atoms with Crippen molar-refractivity contribution >= 4 is 29.4 Å². The SMILES string of the molecule is CC[C@H](C)C(NC(=O)[C@H](CO)NN[C@H](C(=O)S)[C@@H](C)O)C(C)=O. The molecule has 134 valence electrons. The summed E-state index contributed by atoms with van der Waals surface area (Å²) in [5.41, 5.74) is 4.94. The third-order valence-corrected chi connectivity index (χ3v) is 3.89. The number of hydrogen-bond donors (Lipinski definition) is 6. The van der Waals surface area contributed by atoms with Crippen LogP contribution in [0.15, 0.2) is 0 Å². The quantitative estimate of drug-likeness (QED) is 0.204. The van der Waals surface area contributed by atoms with Gasteiger partial charge in [0.1, 0.15) is 12.1 Å². The van der Waals surface area contributed by atoms with Crippen molar-refractivity contribution in [3.8, 4) is 0 Å². The number of ketones is 1. The first-order chi connectivity index (χ1) is 10.6. The molecule has 0 rings (SSSR count). The monoisotopic (exact) mass is 349 g/mol. The first kappa shape index (κ1) is 22.0. The second kappa shape index (κ2) is 10.7. The zero-order chi connectivity index (χ0) is 18.2. The molecule has 0 spiro atoms. The highest BCUT2D eigenvalue weighted by atomic mass is 32.1. The van der Waals surface area contributed by atoms with Gasteiger partial charge in [-0.25, -0.2) is 10.9 Å². The molecule has 0 aromatic rings. The Labute approximate surface area is 141 Å². The first-order valence-electron chi connectivity index (χ1n) is 7.49. The minimum Gasteiger partial charge on any atom is -0.394 e. The van der Waals surface area contributed by atoms with E-state index in [0.29, 0.717) is 6.42 Å². The van der Waals surface area contributed by atoms with E-state index < -0.39 is 41.9 Å². The molecule has 0 heterocycles. The van der Waals surface area contributed by atoms with Crippen molar-refractivity contribution < 1.29 is 24.6 Å². The summed E-state index contributed by atoms with van der Waals surface area (Å²) in [7, 11) is 0. The highest BCUT2D eigenvalue weighted by Crippen LogP contribution is 2.09. The van der Waals surface area contributed by atoms with Crippen LogP contribution in [-0.2, 0) is 14.4 Å². The van der Waals surface area contributed by atoms with Crippen LogP contribution in [0.5, 0.6) is 0 Å². The lowest BCUT2D eigenvalue weighted by Gasteiger charge is -2.26. The van der Waals surface area contributed by atoms with E-state index in [-0.39, 0.29) is 11.7 Å². The van der Waals surface area contributed by atoms with Crippen molar-refractivity contribution in [2.45, 2.75) is 58.3 Å². The van der Waals surface area contributed by atoms with E-state index in [2.05, 4.69) is 28.8 Å². The van der Waals surface area contributed by atoms with Crippen molar-refractivity contribution in [3.05, 3.63) is 0 Å². The largest absolute Gasteiger partial charge is 0.394 e. The number of carbonyl (C=O) groups excluding carboxylic acids is 3. The second-order valence-electron chi connectivity index (χ2n) is 5.56. The van der Waals surface area contributed by atoms with Crippen LogP contribution in [0.2, 0.25) is 0 Å². The lowest BCUT2D eigenvalue weighted by Crippen LogP contribution is -2.60. The van der Waals surface area contributed by atoms with E-state index >= 15 is 0 Å². The molecule has 0 saturated carbocycles. The van der Waals surface area contributed by atoms with Crippen LogP contribution < -0.4 is 16.2 Å². The predicted octanol–water partition coefficient (Wildman–Crippen LogP) is -1.23. The van der Waals surface area contributed by atoms with Gasteiger partial charge in [0, 0.05) is 0 Å². The van der Waals surface area contributed by atoms with E-state index in [1.54, 1.807) is 0 Å². The molecule has 0 saturated heterocycles. The second-order valence-corrected chi connectivity index (χ2v) is 6.00. The van der Waals surface area contributed by atoms with Crippen molar-refractivity contribution in [2.75, 3.05) is 6.61 Å². The molecule has 0 aliphatic rings. The average molecular weight is 349 g/mol. The van der Waals surface area contributed by atoms with Crippen molar-refractivity contribution in [1.29, 1.82) is 0 Å². The topological polar surface area (TPSA) is 128 Å². The maximum absolute atomic E-state index is 12.2. The molecule has 9 heteroatoms. The standard InChI is InChI=1S/C14H27N3O5S/c1-5-7(2)11(8(3)19)15-13(21)10(6-18)16-17-12(9(4)20)14(22)23/h7,9-12,16-18,20H,5-6H2,1-4H3,(H,15,21)(H,22,23)/t7-,9+,10-,11?,12-/m0/s1. The number of amides is 1. The van der Waals surface area contributed by atoms with Crippen LogP contribution in [0.1, 0.15) is 34.1 Å². The number of aliphatic hydroxyl groups is 2. The Balaban J connectivity index is 4.79. The fraction of sp³-hybridized carbons (Fsp3) is 0.786. The average Bonchev–Trinajstić information content (AvgIpc) is 2.46. The number of rotatable bonds is 11. The molecule has 0 fully saturated rings. The summed E-state index contributed by atoms with van der Waals surface area (Å²) in [5.74, 6) is -0.811. The summed E-state index contributed by atoms with van der Waals surface area (Å²) >= 11 is 3.63. The highest BCUT2D eigenvalue weighted by Gasteiger charge is 2.28. The minimum absolute atomic E-state index is 0.0482. The molecule has 0 bridgehead atoms. The smallest absolute Gasteiger partial charge is 0.241 e. The van der Waals surface area contributed by atoms with Crippen LogP contribution in [0.3, 0.4) is 0 Å². The fourth-order valence-electron chi connectivity index (χ4n) is 1.91. The van der Waals surface area contributed by atoms with Crippen LogP contribution in [-0.4, -0.2) is 57.9 Å². The van der Waals surface area contributed by atoms with Gasteiger partial charge in [-0.05, 0) is 19.8 Å². The first-order valence-corrected chi connectivity index (χ1v) is 7.93. The molecule has 23 heavy (non-hydrogen) atoms. The zero-order valence-electron chi connectivity index (χ0n) is 13.9. The number of nitrogens with one attached hydrogen (secondary N) is 3. The maximum atomic E-state index is 12.2. The van der Waals surface area contributed by atoms with Gasteiger partial charge in [-0.1, -0.05) is 20.3 Å². The van der Waals surface area contributed by atoms with Gasteiger partial charge in [-0.3, -0.25) is 14.4 Å². The Kier molecular flexibility index (Phi) is 10.2. The molecule has 1 unspecified atom stereocenters. The number of hydrogen-bond acceptors (Lipinski definition) is 7. The number of aliphatic hydroxyl groups excluding tert-OH is 2. The summed E-state index contributed by atoms with van der Waals surface area (Å²) in [5, 5.41) is 20.7. The third-order valence-electron chi connectivity index (χ3n) is 3.61. The highest BCUT2D eigenvalue weighted by molar-refractivity contribution is 7.96. The number of thiol groups is 1. The molecule has 5 atom stereocenters. The van der Waals surface area contributed by atoms with Crippen molar-refractivity contribution in [1.82, 2.24) is 16.2 Å². The third kappa shape index (κ3) is 7.40. The molecule has 0 aliphatic heterocycles. The predicted molar refractivity (Wildman–Crippen MR) is 88.7 cm³/mol. The van der Waals surface area contributed by atoms with Crippen LogP contribution in [0.4, 0.5) is 0 Å². The molecule has 8 nitrogen and oxygen atoms in total. The van der Waals surface area contributed by atoms with Gasteiger partial charge in [-0.2, -0.15) is 0 Å². The molecule has 0 radical (unpaired) electrons. The molecule has 0 aromatic heterocycles. The van der Waals surface area contributed by atoms with Gasteiger partial charge in [0.25, 0.3) is 0 Å². The Morgan fingerprint density at radius 1 is 1.13 bits per heavy atom. The van der Waals surface area contributed by atoms with Gasteiger partial charge in [-0.15, -0.1) is 12.6 Å². The summed E-state index contributed by atoms with van der Waals surface area (Å²) < 4.78 is 0. The van der Waals surface area contributed by atoms with E-state index in [1.165, 1.54) is 13.8 Å². The van der Waals surface area contributed by atoms with Crippen LogP contribution >= 0.6 is 12.6 Å². The summed E-state index contributed by atoms with van der Waals surface area (Å²) in [6.45, 7) is 5.96. The van der Waals surface area contributed by atoms with Crippen LogP contribution in [0.25, 0.3) is 0 Å². The molecular formula is C14H27N3O5S. The Hall–Kier alpha value is -1.00. The van der Waals surface area contributed by atoms with Gasteiger partial charge in [0.2, 0.25) is 11.0 Å². The maximum Gasteiger partial charge on any atom is 0.241 e. The van der Waals surface area contributed by atoms with Crippen molar-refractivity contribution in [3.63, 3.8) is 0 Å². The Morgan fingerprint density at radius 2 is 1.70 bits per heavy atom. The normalized spacial score (nSPS) is 17.7. The lowest BCUT2D eigenvalue weighted by molar-refractivity contribution is -0.130. The Bertz CT molecular complexity index is 419. The Morgan fingerprint density at radius 3 is 2.04 bits per heavy atom. The minimum atomic E-state index is -1.09. The van der Waals surface area contributed by atoms with E-state index in [9.17, 15) is 24.6 Å². The van der Waals surface area contributed by atoms with Gasteiger partial charge in [0.15, 0.2) is 5.78 Å². The number of Topliss-reactive ketones (excluding diaryl/α,β-unsaturated/α-hetero) is 1. The van der Waals surface area contributed by atoms with E-state index in [0.717, 1.165) is 0 Å². The molecule has 5 N–H and O–H groups in total. The molecule has 1 amide bonds. The van der Waals surface area contributed by atoms with Crippen molar-refractivity contribution in [2.24, 2.45) is 5.92 Å². The summed E-state index contributed by atoms with van der Waals surface area (Å²) in [4.78, 5) is 35.0.